The number of hydrogen-bond acceptors (Lipinski definition) is 5. The zero-order valence-electron chi connectivity index (χ0n) is 15.0. The number of halogens is 1. The summed E-state index contributed by atoms with van der Waals surface area (Å²) in [4.78, 5) is 25.0. The van der Waals surface area contributed by atoms with Crippen molar-refractivity contribution in [1.82, 2.24) is 4.90 Å². The second-order valence-corrected chi connectivity index (χ2v) is 7.92. The van der Waals surface area contributed by atoms with Crippen LogP contribution in [0.2, 0.25) is 0 Å². The number of rotatable bonds is 1. The first-order chi connectivity index (χ1) is 12.0. The van der Waals surface area contributed by atoms with Crippen LogP contribution in [-0.4, -0.2) is 46.4 Å². The highest BCUT2D eigenvalue weighted by Gasteiger charge is 2.48. The van der Waals surface area contributed by atoms with Gasteiger partial charge in [0.1, 0.15) is 22.8 Å². The molecule has 0 bridgehead atoms. The van der Waals surface area contributed by atoms with Gasteiger partial charge in [0, 0.05) is 31.0 Å². The molecule has 0 saturated carbocycles. The van der Waals surface area contributed by atoms with Crippen LogP contribution >= 0.6 is 0 Å². The number of ether oxygens (including phenoxy) is 2. The van der Waals surface area contributed by atoms with Gasteiger partial charge < -0.3 is 25.2 Å². The Kier molecular flexibility index (Phi) is 4.34. The lowest BCUT2D eigenvalue weighted by atomic mass is 9.86. The molecule has 1 fully saturated rings. The van der Waals surface area contributed by atoms with Gasteiger partial charge >= 0.3 is 12.1 Å². The average Bonchev–Trinajstić information content (AvgIpc) is 2.87. The van der Waals surface area contributed by atoms with E-state index in [-0.39, 0.29) is 23.4 Å². The zero-order chi connectivity index (χ0) is 19.3. The summed E-state index contributed by atoms with van der Waals surface area (Å²) in [6.07, 6.45) is 0.406. The van der Waals surface area contributed by atoms with Crippen LogP contribution in [0.4, 0.5) is 9.18 Å². The maximum absolute atomic E-state index is 14.3. The molecule has 2 atom stereocenters. The smallest absolute Gasteiger partial charge is 0.410 e. The van der Waals surface area contributed by atoms with E-state index in [4.69, 9.17) is 20.3 Å². The van der Waals surface area contributed by atoms with Crippen LogP contribution < -0.4 is 10.5 Å². The Balaban J connectivity index is 1.84. The Hall–Kier alpha value is -2.35. The maximum Gasteiger partial charge on any atom is 0.410 e. The van der Waals surface area contributed by atoms with E-state index in [1.54, 1.807) is 25.7 Å². The summed E-state index contributed by atoms with van der Waals surface area (Å²) in [6.45, 7) is 6.05. The first-order valence-electron chi connectivity index (χ1n) is 8.49. The number of hydrogen-bond donors (Lipinski definition) is 2. The fourth-order valence-electron chi connectivity index (χ4n) is 3.52. The van der Waals surface area contributed by atoms with Crippen LogP contribution in [0.15, 0.2) is 12.1 Å². The summed E-state index contributed by atoms with van der Waals surface area (Å²) in [5.74, 6) is -1.80. The van der Waals surface area contributed by atoms with Crippen molar-refractivity contribution in [1.29, 1.82) is 0 Å². The van der Waals surface area contributed by atoms with Crippen molar-refractivity contribution in [2.24, 2.45) is 5.73 Å². The van der Waals surface area contributed by atoms with Crippen LogP contribution in [-0.2, 0) is 4.74 Å². The number of benzene rings is 1. The van der Waals surface area contributed by atoms with Gasteiger partial charge in [-0.25, -0.2) is 14.0 Å². The topological polar surface area (TPSA) is 102 Å². The molecule has 2 aliphatic heterocycles. The lowest BCUT2D eigenvalue weighted by molar-refractivity contribution is 0.0140. The Morgan fingerprint density at radius 1 is 1.42 bits per heavy atom. The van der Waals surface area contributed by atoms with E-state index in [9.17, 15) is 14.0 Å². The predicted molar refractivity (Wildman–Crippen MR) is 90.7 cm³/mol. The van der Waals surface area contributed by atoms with Crippen molar-refractivity contribution < 1.29 is 28.6 Å². The molecule has 1 amide bonds. The van der Waals surface area contributed by atoms with Gasteiger partial charge in [-0.05, 0) is 32.9 Å². The molecule has 2 unspecified atom stereocenters. The predicted octanol–water partition coefficient (Wildman–Crippen LogP) is 2.69. The SMILES string of the molecule is CC(C)(C)OC(=O)N1CCC2(CC(N)c3c(F)cc(C(=O)O)cc3O2)C1. The van der Waals surface area contributed by atoms with Crippen LogP contribution in [0.3, 0.4) is 0 Å². The molecular weight excluding hydrogens is 343 g/mol. The van der Waals surface area contributed by atoms with Gasteiger partial charge in [0.15, 0.2) is 0 Å². The standard InChI is InChI=1S/C18H23FN2O5/c1-17(2,3)26-16(24)21-5-4-18(9-21)8-12(20)14-11(19)6-10(15(22)23)7-13(14)25-18/h6-7,12H,4-5,8-9,20H2,1-3H3,(H,22,23). The molecule has 1 aromatic rings. The summed E-state index contributed by atoms with van der Waals surface area (Å²) in [5, 5.41) is 9.13. The van der Waals surface area contributed by atoms with Gasteiger partial charge in [-0.3, -0.25) is 0 Å². The zero-order valence-corrected chi connectivity index (χ0v) is 15.0. The van der Waals surface area contributed by atoms with E-state index in [0.717, 1.165) is 6.07 Å². The normalized spacial score (nSPS) is 25.0. The van der Waals surface area contributed by atoms with Crippen molar-refractivity contribution in [3.63, 3.8) is 0 Å². The molecule has 7 nitrogen and oxygen atoms in total. The summed E-state index contributed by atoms with van der Waals surface area (Å²) in [7, 11) is 0. The van der Waals surface area contributed by atoms with Crippen LogP contribution in [0, 0.1) is 5.82 Å². The number of carbonyl (C=O) groups excluding carboxylic acids is 1. The summed E-state index contributed by atoms with van der Waals surface area (Å²) in [6, 6.07) is 1.60. The third-order valence-corrected chi connectivity index (χ3v) is 4.60. The number of nitrogens with two attached hydrogens (primary N) is 1. The molecule has 0 aliphatic carbocycles. The minimum atomic E-state index is -1.25. The fourth-order valence-corrected chi connectivity index (χ4v) is 3.52. The number of carboxylic acid groups (broad SMARTS) is 1. The molecular formula is C18H23FN2O5. The Labute approximate surface area is 150 Å². The highest BCUT2D eigenvalue weighted by atomic mass is 19.1. The summed E-state index contributed by atoms with van der Waals surface area (Å²) in [5.41, 5.74) is 4.75. The molecule has 1 saturated heterocycles. The highest BCUT2D eigenvalue weighted by molar-refractivity contribution is 5.88. The second-order valence-electron chi connectivity index (χ2n) is 7.92. The van der Waals surface area contributed by atoms with E-state index in [0.29, 0.717) is 19.4 Å². The van der Waals surface area contributed by atoms with E-state index in [2.05, 4.69) is 0 Å². The first kappa shape index (κ1) is 18.4. The van der Waals surface area contributed by atoms with Crippen molar-refractivity contribution in [3.05, 3.63) is 29.1 Å². The quantitative estimate of drug-likeness (QED) is 0.792. The molecule has 3 rings (SSSR count). The molecule has 26 heavy (non-hydrogen) atoms. The van der Waals surface area contributed by atoms with Crippen molar-refractivity contribution in [2.45, 2.75) is 50.9 Å². The molecule has 2 aliphatic rings. The third kappa shape index (κ3) is 3.46. The molecule has 8 heteroatoms. The molecule has 1 aromatic carbocycles. The van der Waals surface area contributed by atoms with Gasteiger partial charge in [0.2, 0.25) is 0 Å². The maximum atomic E-state index is 14.3. The monoisotopic (exact) mass is 366 g/mol. The van der Waals surface area contributed by atoms with Crippen LogP contribution in [0.5, 0.6) is 5.75 Å². The lowest BCUT2D eigenvalue weighted by Crippen LogP contribution is -2.47. The van der Waals surface area contributed by atoms with Crippen LogP contribution in [0.25, 0.3) is 0 Å². The van der Waals surface area contributed by atoms with E-state index in [1.165, 1.54) is 6.07 Å². The Bertz CT molecular complexity index is 761. The number of fused-ring (bicyclic) bond motifs is 1. The highest BCUT2D eigenvalue weighted by Crippen LogP contribution is 2.44. The molecule has 2 heterocycles. The minimum absolute atomic E-state index is 0.132. The molecule has 0 radical (unpaired) electrons. The minimum Gasteiger partial charge on any atom is -0.485 e. The molecule has 3 N–H and O–H groups in total. The van der Waals surface area contributed by atoms with E-state index < -0.39 is 35.1 Å². The number of aromatic carboxylic acids is 1. The number of amides is 1. The lowest BCUT2D eigenvalue weighted by Gasteiger charge is -2.38. The number of likely N-dealkylation sites (tertiary alicyclic amines) is 1. The molecule has 0 aromatic heterocycles. The van der Waals surface area contributed by atoms with Gasteiger partial charge in [-0.15, -0.1) is 0 Å². The average molecular weight is 366 g/mol. The van der Waals surface area contributed by atoms with Crippen LogP contribution in [0.1, 0.15) is 55.6 Å². The van der Waals surface area contributed by atoms with Gasteiger partial charge in [-0.2, -0.15) is 0 Å². The van der Waals surface area contributed by atoms with Gasteiger partial charge in [-0.1, -0.05) is 0 Å². The largest absolute Gasteiger partial charge is 0.485 e. The molecule has 1 spiro atoms. The van der Waals surface area contributed by atoms with E-state index >= 15 is 0 Å². The van der Waals surface area contributed by atoms with E-state index in [1.807, 2.05) is 0 Å². The van der Waals surface area contributed by atoms with Crippen molar-refractivity contribution in [2.75, 3.05) is 13.1 Å². The van der Waals surface area contributed by atoms with Gasteiger partial charge in [0.05, 0.1) is 12.1 Å². The fraction of sp³-hybridized carbons (Fsp3) is 0.556. The Morgan fingerprint density at radius 3 is 2.73 bits per heavy atom. The first-order valence-corrected chi connectivity index (χ1v) is 8.49. The summed E-state index contributed by atoms with van der Waals surface area (Å²) < 4.78 is 25.7. The van der Waals surface area contributed by atoms with Crippen molar-refractivity contribution >= 4 is 12.1 Å². The second kappa shape index (κ2) is 6.12. The summed E-state index contributed by atoms with van der Waals surface area (Å²) >= 11 is 0. The Morgan fingerprint density at radius 2 is 2.12 bits per heavy atom. The molecule has 142 valence electrons. The number of carboxylic acids is 1. The van der Waals surface area contributed by atoms with Crippen molar-refractivity contribution in [3.8, 4) is 5.75 Å². The third-order valence-electron chi connectivity index (χ3n) is 4.60. The number of nitrogens with zero attached hydrogens (tertiary/aromatic N) is 1. The number of carbonyl (C=O) groups is 2. The van der Waals surface area contributed by atoms with Gasteiger partial charge in [0.25, 0.3) is 0 Å².